The van der Waals surface area contributed by atoms with Crippen LogP contribution in [0.25, 0.3) is 0 Å². The molecule has 2 nitrogen and oxygen atoms in total. The molecule has 0 aliphatic carbocycles. The van der Waals surface area contributed by atoms with E-state index in [4.69, 9.17) is 0 Å². The molecule has 0 radical (unpaired) electrons. The Labute approximate surface area is 124 Å². The first-order chi connectivity index (χ1) is 9.86. The molecule has 118 valence electrons. The normalized spacial score (nSPS) is 22.2. The number of likely N-dealkylation sites (tertiary alicyclic amines) is 1. The van der Waals surface area contributed by atoms with Crippen LogP contribution in [0.5, 0.6) is 0 Å². The number of alkyl halides is 3. The van der Waals surface area contributed by atoms with Crippen LogP contribution in [0.4, 0.5) is 13.2 Å². The standard InChI is InChI=1S/C16H23F3N2/c1-12(20-10-13-4-3-9-21(2)11-13)14-5-7-15(8-6-14)16(17,18)19/h5-8,12-13,20H,3-4,9-11H2,1-2H3. The summed E-state index contributed by atoms with van der Waals surface area (Å²) >= 11 is 0. The summed E-state index contributed by atoms with van der Waals surface area (Å²) in [7, 11) is 2.13. The molecule has 1 aromatic rings. The molecule has 1 aliphatic heterocycles. The lowest BCUT2D eigenvalue weighted by Crippen LogP contribution is -2.37. The lowest BCUT2D eigenvalue weighted by Gasteiger charge is -2.30. The molecule has 2 unspecified atom stereocenters. The van der Waals surface area contributed by atoms with Crippen LogP contribution in [0.15, 0.2) is 24.3 Å². The van der Waals surface area contributed by atoms with E-state index in [-0.39, 0.29) is 6.04 Å². The van der Waals surface area contributed by atoms with E-state index in [9.17, 15) is 13.2 Å². The van der Waals surface area contributed by atoms with Crippen LogP contribution < -0.4 is 5.32 Å². The Bertz CT molecular complexity index is 442. The molecule has 5 heteroatoms. The lowest BCUT2D eigenvalue weighted by atomic mass is 9.97. The zero-order chi connectivity index (χ0) is 15.5. The van der Waals surface area contributed by atoms with Gasteiger partial charge in [-0.15, -0.1) is 0 Å². The smallest absolute Gasteiger partial charge is 0.310 e. The third-order valence-electron chi connectivity index (χ3n) is 4.17. The van der Waals surface area contributed by atoms with Crippen molar-refractivity contribution in [1.82, 2.24) is 10.2 Å². The highest BCUT2D eigenvalue weighted by molar-refractivity contribution is 5.26. The zero-order valence-corrected chi connectivity index (χ0v) is 12.6. The van der Waals surface area contributed by atoms with Crippen LogP contribution in [0.2, 0.25) is 0 Å². The molecular formula is C16H23F3N2. The maximum atomic E-state index is 12.5. The minimum absolute atomic E-state index is 0.0690. The third-order valence-corrected chi connectivity index (χ3v) is 4.17. The van der Waals surface area contributed by atoms with Gasteiger partial charge in [0.25, 0.3) is 0 Å². The van der Waals surface area contributed by atoms with Crippen LogP contribution in [0.1, 0.15) is 36.9 Å². The second-order valence-electron chi connectivity index (χ2n) is 6.02. The van der Waals surface area contributed by atoms with E-state index in [0.717, 1.165) is 37.3 Å². The summed E-state index contributed by atoms with van der Waals surface area (Å²) in [6.45, 7) is 5.15. The number of hydrogen-bond acceptors (Lipinski definition) is 2. The fourth-order valence-corrected chi connectivity index (χ4v) is 2.86. The molecule has 0 aromatic heterocycles. The maximum Gasteiger partial charge on any atom is 0.416 e. The third kappa shape index (κ3) is 4.71. The molecule has 1 N–H and O–H groups in total. The molecule has 0 spiro atoms. The highest BCUT2D eigenvalue weighted by Crippen LogP contribution is 2.29. The van der Waals surface area contributed by atoms with E-state index in [1.807, 2.05) is 6.92 Å². The summed E-state index contributed by atoms with van der Waals surface area (Å²) < 4.78 is 37.6. The second-order valence-corrected chi connectivity index (χ2v) is 6.02. The average molecular weight is 300 g/mol. The van der Waals surface area contributed by atoms with Crippen molar-refractivity contribution < 1.29 is 13.2 Å². The topological polar surface area (TPSA) is 15.3 Å². The van der Waals surface area contributed by atoms with Gasteiger partial charge >= 0.3 is 6.18 Å². The fourth-order valence-electron chi connectivity index (χ4n) is 2.86. The Morgan fingerprint density at radius 3 is 2.52 bits per heavy atom. The maximum absolute atomic E-state index is 12.5. The second kappa shape index (κ2) is 6.79. The number of benzene rings is 1. The predicted octanol–water partition coefficient (Wildman–Crippen LogP) is 3.70. The van der Waals surface area contributed by atoms with E-state index in [1.54, 1.807) is 12.1 Å². The molecule has 0 saturated carbocycles. The first-order valence-corrected chi connectivity index (χ1v) is 7.45. The van der Waals surface area contributed by atoms with Crippen molar-refractivity contribution in [2.45, 2.75) is 32.0 Å². The van der Waals surface area contributed by atoms with Crippen LogP contribution in [-0.4, -0.2) is 31.6 Å². The van der Waals surface area contributed by atoms with Gasteiger partial charge in [-0.25, -0.2) is 0 Å². The summed E-state index contributed by atoms with van der Waals surface area (Å²) in [5.74, 6) is 0.626. The van der Waals surface area contributed by atoms with Gasteiger partial charge in [-0.05, 0) is 63.5 Å². The summed E-state index contributed by atoms with van der Waals surface area (Å²) in [6.07, 6.45) is -1.82. The van der Waals surface area contributed by atoms with Crippen molar-refractivity contribution in [3.63, 3.8) is 0 Å². The fraction of sp³-hybridized carbons (Fsp3) is 0.625. The van der Waals surface area contributed by atoms with Gasteiger partial charge in [0.05, 0.1) is 5.56 Å². The van der Waals surface area contributed by atoms with Crippen LogP contribution in [0.3, 0.4) is 0 Å². The lowest BCUT2D eigenvalue weighted by molar-refractivity contribution is -0.137. The molecule has 21 heavy (non-hydrogen) atoms. The van der Waals surface area contributed by atoms with E-state index in [0.29, 0.717) is 5.92 Å². The van der Waals surface area contributed by atoms with Crippen molar-refractivity contribution in [3.05, 3.63) is 35.4 Å². The van der Waals surface area contributed by atoms with Gasteiger partial charge < -0.3 is 10.2 Å². The van der Waals surface area contributed by atoms with Crippen molar-refractivity contribution in [1.29, 1.82) is 0 Å². The molecule has 1 aliphatic rings. The number of halogens is 3. The predicted molar refractivity (Wildman–Crippen MR) is 78.1 cm³/mol. The summed E-state index contributed by atoms with van der Waals surface area (Å²) in [4.78, 5) is 2.33. The number of hydrogen-bond donors (Lipinski definition) is 1. The first-order valence-electron chi connectivity index (χ1n) is 7.45. The number of nitrogens with zero attached hydrogens (tertiary/aromatic N) is 1. The molecule has 1 heterocycles. The average Bonchev–Trinajstić information content (AvgIpc) is 2.44. The summed E-state index contributed by atoms with van der Waals surface area (Å²) in [6, 6.07) is 5.50. The summed E-state index contributed by atoms with van der Waals surface area (Å²) in [5, 5.41) is 3.44. The Morgan fingerprint density at radius 1 is 1.29 bits per heavy atom. The van der Waals surface area contributed by atoms with Crippen LogP contribution in [-0.2, 0) is 6.18 Å². The molecule has 1 saturated heterocycles. The van der Waals surface area contributed by atoms with Gasteiger partial charge in [0, 0.05) is 12.6 Å². The van der Waals surface area contributed by atoms with Gasteiger partial charge in [0.2, 0.25) is 0 Å². The van der Waals surface area contributed by atoms with E-state index in [2.05, 4.69) is 17.3 Å². The number of nitrogens with one attached hydrogen (secondary N) is 1. The van der Waals surface area contributed by atoms with Crippen molar-refractivity contribution in [2.75, 3.05) is 26.7 Å². The molecule has 0 amide bonds. The minimum Gasteiger partial charge on any atom is -0.310 e. The Morgan fingerprint density at radius 2 is 1.95 bits per heavy atom. The first kappa shape index (κ1) is 16.3. The van der Waals surface area contributed by atoms with E-state index < -0.39 is 11.7 Å². The van der Waals surface area contributed by atoms with Crippen molar-refractivity contribution >= 4 is 0 Å². The minimum atomic E-state index is -4.26. The molecule has 0 bridgehead atoms. The van der Waals surface area contributed by atoms with Gasteiger partial charge in [-0.1, -0.05) is 12.1 Å². The van der Waals surface area contributed by atoms with Gasteiger partial charge in [0.1, 0.15) is 0 Å². The zero-order valence-electron chi connectivity index (χ0n) is 12.6. The number of rotatable bonds is 4. The molecule has 2 rings (SSSR count). The van der Waals surface area contributed by atoms with E-state index in [1.165, 1.54) is 12.8 Å². The largest absolute Gasteiger partial charge is 0.416 e. The van der Waals surface area contributed by atoms with Crippen molar-refractivity contribution in [3.8, 4) is 0 Å². The van der Waals surface area contributed by atoms with Crippen molar-refractivity contribution in [2.24, 2.45) is 5.92 Å². The summed E-state index contributed by atoms with van der Waals surface area (Å²) in [5.41, 5.74) is 0.305. The molecule has 2 atom stereocenters. The Kier molecular flexibility index (Phi) is 5.27. The SMILES string of the molecule is CC(NCC1CCCN(C)C1)c1ccc(C(F)(F)F)cc1. The molecule has 1 aromatic carbocycles. The Balaban J connectivity index is 1.87. The molecular weight excluding hydrogens is 277 g/mol. The quantitative estimate of drug-likeness (QED) is 0.912. The highest BCUT2D eigenvalue weighted by atomic mass is 19.4. The number of piperidine rings is 1. The van der Waals surface area contributed by atoms with Crippen LogP contribution in [0, 0.1) is 5.92 Å². The van der Waals surface area contributed by atoms with Crippen LogP contribution >= 0.6 is 0 Å². The van der Waals surface area contributed by atoms with Gasteiger partial charge in [-0.3, -0.25) is 0 Å². The molecule has 1 fully saturated rings. The van der Waals surface area contributed by atoms with Gasteiger partial charge in [-0.2, -0.15) is 13.2 Å². The van der Waals surface area contributed by atoms with Gasteiger partial charge in [0.15, 0.2) is 0 Å². The Hall–Kier alpha value is -1.07. The monoisotopic (exact) mass is 300 g/mol. The highest BCUT2D eigenvalue weighted by Gasteiger charge is 2.30. The van der Waals surface area contributed by atoms with E-state index >= 15 is 0 Å².